The van der Waals surface area contributed by atoms with Crippen LogP contribution in [0.4, 0.5) is 25.9 Å². The quantitative estimate of drug-likeness (QED) is 0.363. The number of nitrogens with one attached hydrogen (secondary N) is 1. The molecule has 0 saturated carbocycles. The average molecular weight is 560 g/mol. The van der Waals surface area contributed by atoms with E-state index >= 15 is 0 Å². The molecule has 0 spiro atoms. The molecule has 0 fully saturated rings. The van der Waals surface area contributed by atoms with Gasteiger partial charge in [0.2, 0.25) is 0 Å². The first-order valence-electron chi connectivity index (χ1n) is 8.21. The van der Waals surface area contributed by atoms with E-state index in [2.05, 4.69) is 10.3 Å². The molecule has 0 aliphatic rings. The zero-order chi connectivity index (χ0) is 24.4. The first-order valence-corrected chi connectivity index (χ1v) is 10.5. The Morgan fingerprint density at radius 1 is 1.00 bits per heavy atom. The van der Waals surface area contributed by atoms with Crippen LogP contribution in [0, 0.1) is 0 Å². The van der Waals surface area contributed by atoms with Gasteiger partial charge in [-0.1, -0.05) is 69.6 Å². The van der Waals surface area contributed by atoms with Gasteiger partial charge < -0.3 is 14.9 Å². The second-order valence-electron chi connectivity index (χ2n) is 7.07. The number of imide groups is 1. The van der Waals surface area contributed by atoms with Crippen LogP contribution in [0.15, 0.2) is 6.20 Å². The van der Waals surface area contributed by atoms with E-state index in [0.29, 0.717) is 0 Å². The summed E-state index contributed by atoms with van der Waals surface area (Å²) in [6.45, 7) is 4.81. The number of alkyl halides is 6. The van der Waals surface area contributed by atoms with E-state index in [1.54, 1.807) is 20.8 Å². The van der Waals surface area contributed by atoms with Crippen LogP contribution < -0.4 is 10.2 Å². The zero-order valence-electron chi connectivity index (χ0n) is 16.2. The van der Waals surface area contributed by atoms with Crippen LogP contribution in [0.25, 0.3) is 0 Å². The Bertz CT molecular complexity index is 849. The summed E-state index contributed by atoms with van der Waals surface area (Å²) in [6.07, 6.45) is -4.59. The summed E-state index contributed by atoms with van der Waals surface area (Å²) in [5.41, 5.74) is -1.24. The molecule has 0 bridgehead atoms. The molecule has 174 valence electrons. The lowest BCUT2D eigenvalue weighted by Gasteiger charge is -2.26. The molecule has 0 aromatic carbocycles. The molecule has 31 heavy (non-hydrogen) atoms. The van der Waals surface area contributed by atoms with Crippen molar-refractivity contribution in [1.82, 2.24) is 4.98 Å². The average Bonchev–Trinajstić information content (AvgIpc) is 2.47. The minimum Gasteiger partial charge on any atom is -0.464 e. The number of halogens is 6. The minimum atomic E-state index is -2.04. The summed E-state index contributed by atoms with van der Waals surface area (Å²) in [4.78, 5) is 39.2. The number of nitrogens with zero attached hydrogens (tertiary/aromatic N) is 2. The summed E-state index contributed by atoms with van der Waals surface area (Å²) in [7, 11) is 0. The Balaban J connectivity index is 3.80. The lowest BCUT2D eigenvalue weighted by molar-refractivity contribution is 0.0635. The first-order chi connectivity index (χ1) is 13.8. The van der Waals surface area contributed by atoms with Crippen LogP contribution in [0.2, 0.25) is 0 Å². The molecule has 15 heteroatoms. The van der Waals surface area contributed by atoms with Crippen LogP contribution in [0.5, 0.6) is 0 Å². The third kappa shape index (κ3) is 9.51. The van der Waals surface area contributed by atoms with Crippen LogP contribution in [-0.2, 0) is 17.6 Å². The van der Waals surface area contributed by atoms with Crippen molar-refractivity contribution in [3.8, 4) is 0 Å². The van der Waals surface area contributed by atoms with E-state index in [1.807, 2.05) is 0 Å². The van der Waals surface area contributed by atoms with Gasteiger partial charge in [0.05, 0.1) is 5.69 Å². The molecule has 1 heterocycles. The van der Waals surface area contributed by atoms with Crippen molar-refractivity contribution in [2.45, 2.75) is 46.8 Å². The molecule has 0 unspecified atom stereocenters. The van der Waals surface area contributed by atoms with Crippen LogP contribution in [-0.4, -0.2) is 46.7 Å². The maximum Gasteiger partial charge on any atom is 0.422 e. The lowest BCUT2D eigenvalue weighted by atomic mass is 10.0. The third-order valence-electron chi connectivity index (χ3n) is 3.22. The minimum absolute atomic E-state index is 0.0922. The highest BCUT2D eigenvalue weighted by molar-refractivity contribution is 6.68. The monoisotopic (exact) mass is 557 g/mol. The fraction of sp³-hybridized carbons (Fsp3) is 0.500. The highest BCUT2D eigenvalue weighted by Gasteiger charge is 2.35. The number of aromatic nitrogens is 1. The van der Waals surface area contributed by atoms with Crippen molar-refractivity contribution in [3.05, 3.63) is 17.3 Å². The van der Waals surface area contributed by atoms with Gasteiger partial charge in [-0.2, -0.15) is 4.90 Å². The molecule has 1 aromatic rings. The molecule has 9 nitrogen and oxygen atoms in total. The summed E-state index contributed by atoms with van der Waals surface area (Å²) < 4.78 is 1.30. The van der Waals surface area contributed by atoms with Crippen molar-refractivity contribution < 1.29 is 29.3 Å². The van der Waals surface area contributed by atoms with Gasteiger partial charge in [0, 0.05) is 24.6 Å². The number of carbonyl (C=O) groups is 3. The van der Waals surface area contributed by atoms with Crippen LogP contribution >= 0.6 is 69.6 Å². The van der Waals surface area contributed by atoms with Gasteiger partial charge in [-0.3, -0.25) is 5.32 Å². The molecule has 1 aromatic heterocycles. The molecule has 3 N–H and O–H groups in total. The van der Waals surface area contributed by atoms with Crippen molar-refractivity contribution in [2.75, 3.05) is 10.2 Å². The molecule has 0 atom stereocenters. The van der Waals surface area contributed by atoms with Gasteiger partial charge in [-0.05, 0) is 26.3 Å². The highest BCUT2D eigenvalue weighted by atomic mass is 35.6. The molecule has 0 aliphatic heterocycles. The van der Waals surface area contributed by atoms with Crippen LogP contribution in [0.3, 0.4) is 0 Å². The molecular formula is C16H17Cl6N3O6. The van der Waals surface area contributed by atoms with Gasteiger partial charge in [0.1, 0.15) is 5.60 Å². The summed E-state index contributed by atoms with van der Waals surface area (Å²) in [5, 5.41) is 21.1. The van der Waals surface area contributed by atoms with E-state index in [0.717, 1.165) is 6.20 Å². The number of carbonyl (C=O) groups excluding carboxylic acids is 1. The maximum absolute atomic E-state index is 12.4. The third-order valence-corrected chi connectivity index (χ3v) is 4.03. The van der Waals surface area contributed by atoms with Gasteiger partial charge in [-0.25, -0.2) is 19.4 Å². The van der Waals surface area contributed by atoms with Gasteiger partial charge in [-0.15, -0.1) is 0 Å². The molecule has 0 aliphatic carbocycles. The Hall–Kier alpha value is -1.10. The molecule has 1 rings (SSSR count). The van der Waals surface area contributed by atoms with Gasteiger partial charge in [0.25, 0.3) is 0 Å². The predicted molar refractivity (Wildman–Crippen MR) is 121 cm³/mol. The summed E-state index contributed by atoms with van der Waals surface area (Å²) in [6, 6.07) is 0. The largest absolute Gasteiger partial charge is 0.464 e. The summed E-state index contributed by atoms with van der Waals surface area (Å²) >= 11 is 35.2. The van der Waals surface area contributed by atoms with Crippen molar-refractivity contribution in [2.24, 2.45) is 0 Å². The van der Waals surface area contributed by atoms with E-state index in [1.165, 1.54) is 0 Å². The molecule has 0 radical (unpaired) electrons. The van der Waals surface area contributed by atoms with E-state index < -0.39 is 43.7 Å². The number of anilines is 2. The Morgan fingerprint density at radius 2 is 1.48 bits per heavy atom. The fourth-order valence-electron chi connectivity index (χ4n) is 2.32. The molecule has 0 saturated heterocycles. The smallest absolute Gasteiger partial charge is 0.422 e. The maximum atomic E-state index is 12.4. The molecular weight excluding hydrogens is 543 g/mol. The Kier molecular flexibility index (Phi) is 9.22. The first kappa shape index (κ1) is 27.9. The van der Waals surface area contributed by atoms with Gasteiger partial charge in [0.15, 0.2) is 13.4 Å². The zero-order valence-corrected chi connectivity index (χ0v) is 20.7. The SMILES string of the molecule is CC(C)(C)OC(=O)Nc1c(CC(Cl)(Cl)Cl)cnc(N(C(=O)O)C(=O)O)c1CC(Cl)(Cl)Cl. The number of pyridine rings is 1. The number of rotatable bonds is 4. The Morgan fingerprint density at radius 3 is 1.87 bits per heavy atom. The molecule has 3 amide bonds. The van der Waals surface area contributed by atoms with E-state index in [4.69, 9.17) is 74.3 Å². The standard InChI is InChI=1S/C16H17Cl6N3O6/c1-14(2,3)31-11(26)24-9-7(4-15(17,18)19)6-23-10(8(9)5-16(20,21)22)25(12(27)28)13(29)30/h6H,4-5H2,1-3H3,(H,27,28)(H,29,30)(H,23,24,26). The van der Waals surface area contributed by atoms with Crippen LogP contribution in [0.1, 0.15) is 31.9 Å². The number of amides is 3. The normalized spacial score (nSPS) is 12.3. The van der Waals surface area contributed by atoms with Crippen molar-refractivity contribution >= 4 is 99.4 Å². The van der Waals surface area contributed by atoms with Crippen molar-refractivity contribution in [1.29, 1.82) is 0 Å². The number of carboxylic acid groups (broad SMARTS) is 2. The topological polar surface area (TPSA) is 129 Å². The van der Waals surface area contributed by atoms with Gasteiger partial charge >= 0.3 is 18.3 Å². The lowest BCUT2D eigenvalue weighted by Crippen LogP contribution is -2.37. The fourth-order valence-corrected chi connectivity index (χ4v) is 3.15. The highest BCUT2D eigenvalue weighted by Crippen LogP contribution is 2.41. The van der Waals surface area contributed by atoms with Crippen molar-refractivity contribution in [3.63, 3.8) is 0 Å². The van der Waals surface area contributed by atoms with E-state index in [9.17, 15) is 24.6 Å². The van der Waals surface area contributed by atoms with E-state index in [-0.39, 0.29) is 28.1 Å². The Labute approximate surface area is 207 Å². The number of ether oxygens (including phenoxy) is 1. The predicted octanol–water partition coefficient (Wildman–Crippen LogP) is 6.42. The second-order valence-corrected chi connectivity index (χ2v) is 12.1. The number of hydrogen-bond acceptors (Lipinski definition) is 5. The summed E-state index contributed by atoms with van der Waals surface area (Å²) in [5.74, 6) is -0.634. The number of hydrogen-bond donors (Lipinski definition) is 3. The second kappa shape index (κ2) is 10.2.